The molecular weight excluding hydrogens is 940 g/mol. The fourth-order valence-electron chi connectivity index (χ4n) is 6.52. The number of fused-ring (bicyclic) bond motifs is 2. The van der Waals surface area contributed by atoms with E-state index in [1.807, 2.05) is 20.9 Å². The van der Waals surface area contributed by atoms with Gasteiger partial charge in [-0.15, -0.1) is 0 Å². The van der Waals surface area contributed by atoms with Crippen molar-refractivity contribution in [3.8, 4) is 0 Å². The monoisotopic (exact) mass is 1010 g/mol. The number of aryl methyl sites for hydroxylation is 5. The van der Waals surface area contributed by atoms with E-state index < -0.39 is 14.9 Å². The van der Waals surface area contributed by atoms with E-state index in [-0.39, 0.29) is 70.9 Å². The number of aromatic nitrogens is 12. The van der Waals surface area contributed by atoms with E-state index in [1.165, 1.54) is 28.0 Å². The van der Waals surface area contributed by atoms with E-state index in [4.69, 9.17) is 35.7 Å². The lowest BCUT2D eigenvalue weighted by molar-refractivity contribution is -0.0614. The lowest BCUT2D eigenvalue weighted by atomic mass is 10.1. The zero-order chi connectivity index (χ0) is 51.4. The smallest absolute Gasteiger partial charge is 0.349 e. The highest BCUT2D eigenvalue weighted by Gasteiger charge is 2.39. The van der Waals surface area contributed by atoms with Crippen molar-refractivity contribution in [2.75, 3.05) is 70.9 Å². The first-order chi connectivity index (χ1) is 32.3. The topological polar surface area (TPSA) is 361 Å². The van der Waals surface area contributed by atoms with Crippen LogP contribution in [0.3, 0.4) is 0 Å². The Balaban J connectivity index is 0.000000205. The van der Waals surface area contributed by atoms with Crippen molar-refractivity contribution in [1.29, 1.82) is 0 Å². The molecule has 8 rings (SSSR count). The number of anilines is 3. The van der Waals surface area contributed by atoms with E-state index in [0.717, 1.165) is 12.2 Å². The average molecular weight is 1010 g/mol. The summed E-state index contributed by atoms with van der Waals surface area (Å²) in [7, 11) is 4.62. The third-order valence-corrected chi connectivity index (χ3v) is 15.1. The molecule has 8 heterocycles. The zero-order valence-electron chi connectivity index (χ0n) is 40.7. The highest BCUT2D eigenvalue weighted by atomic mass is 31.2. The Morgan fingerprint density at radius 3 is 2.01 bits per heavy atom. The summed E-state index contributed by atoms with van der Waals surface area (Å²) in [5.41, 5.74) is 17.4. The SMILES string of the molecule is C[C@H]1CNC[C@@H](COP(C)(=O)C2C[C@@H](COP(C)(=O)N(C)C)O[C@@H](C)C2)O1.Cc1cn(C)c(=O)[nH]c1=O.Cn1ccc(N)nc1=O.Cn1cnc2c(=O)[nH]c(N)nc21.Cn1cnc2c(N)ncnc21. The minimum Gasteiger partial charge on any atom is -0.383 e. The largest absolute Gasteiger partial charge is 0.383 e. The van der Waals surface area contributed by atoms with E-state index >= 15 is 0 Å². The third kappa shape index (κ3) is 16.3. The van der Waals surface area contributed by atoms with Gasteiger partial charge in [-0.25, -0.2) is 34.2 Å². The van der Waals surface area contributed by atoms with Crippen molar-refractivity contribution >= 4 is 54.8 Å². The molecule has 0 saturated carbocycles. The quantitative estimate of drug-likeness (QED) is 0.113. The molecule has 27 nitrogen and oxygen atoms in total. The van der Waals surface area contributed by atoms with Crippen molar-refractivity contribution < 1.29 is 27.7 Å². The maximum absolute atomic E-state index is 13.2. The summed E-state index contributed by atoms with van der Waals surface area (Å²) in [5, 5.41) is 3.29. The minimum atomic E-state index is -2.84. The summed E-state index contributed by atoms with van der Waals surface area (Å²) < 4.78 is 56.5. The van der Waals surface area contributed by atoms with Gasteiger partial charge in [0.25, 0.3) is 18.6 Å². The number of hydrogen-bond acceptors (Lipinski definition) is 20. The predicted molar refractivity (Wildman–Crippen MR) is 262 cm³/mol. The molecule has 6 aromatic heterocycles. The van der Waals surface area contributed by atoms with Crippen molar-refractivity contribution in [3.63, 3.8) is 0 Å². The second kappa shape index (κ2) is 24.6. The fourth-order valence-corrected chi connectivity index (χ4v) is 9.17. The van der Waals surface area contributed by atoms with Crippen LogP contribution in [0.25, 0.3) is 22.3 Å². The molecule has 9 N–H and O–H groups in total. The number of nitrogens with zero attached hydrogens (tertiary/aromatic N) is 11. The molecule has 0 spiro atoms. The summed E-state index contributed by atoms with van der Waals surface area (Å²) in [6.07, 6.45) is 8.72. The third-order valence-electron chi connectivity index (χ3n) is 10.6. The number of aromatic amines is 2. The maximum atomic E-state index is 13.2. The van der Waals surface area contributed by atoms with Crippen LogP contribution in [0, 0.1) is 6.92 Å². The summed E-state index contributed by atoms with van der Waals surface area (Å²) in [5.74, 6) is 0.796. The molecule has 0 bridgehead atoms. The summed E-state index contributed by atoms with van der Waals surface area (Å²) in [6, 6.07) is 1.57. The van der Waals surface area contributed by atoms with Crippen molar-refractivity contribution in [2.45, 2.75) is 63.7 Å². The average Bonchev–Trinajstić information content (AvgIpc) is 3.86. The lowest BCUT2D eigenvalue weighted by Gasteiger charge is -2.37. The van der Waals surface area contributed by atoms with Crippen LogP contribution in [-0.2, 0) is 55.8 Å². The van der Waals surface area contributed by atoms with Crippen molar-refractivity contribution in [1.82, 2.24) is 68.1 Å². The molecule has 3 unspecified atom stereocenters. The van der Waals surface area contributed by atoms with Crippen LogP contribution < -0.4 is 45.0 Å². The highest BCUT2D eigenvalue weighted by Crippen LogP contribution is 2.54. The van der Waals surface area contributed by atoms with Crippen LogP contribution in [0.1, 0.15) is 32.3 Å². The zero-order valence-corrected chi connectivity index (χ0v) is 42.5. The molecule has 69 heavy (non-hydrogen) atoms. The number of nitrogen functional groups attached to an aromatic ring is 3. The number of morpholine rings is 1. The van der Waals surface area contributed by atoms with Gasteiger partial charge in [-0.2, -0.15) is 9.97 Å². The summed E-state index contributed by atoms with van der Waals surface area (Å²) >= 11 is 0. The Labute approximate surface area is 397 Å². The molecule has 2 aliphatic rings. The van der Waals surface area contributed by atoms with Gasteiger partial charge in [-0.1, -0.05) is 0 Å². The molecular formula is C40H65N17O10P2. The van der Waals surface area contributed by atoms with E-state index in [2.05, 4.69) is 45.2 Å². The van der Waals surface area contributed by atoms with Gasteiger partial charge in [0.1, 0.15) is 17.7 Å². The molecule has 29 heteroatoms. The Morgan fingerprint density at radius 1 is 0.768 bits per heavy atom. The number of rotatable bonds is 8. The van der Waals surface area contributed by atoms with Crippen LogP contribution in [0.2, 0.25) is 0 Å². The second-order valence-corrected chi connectivity index (χ2v) is 22.2. The number of H-pyrrole nitrogens is 2. The Hall–Kier alpha value is -5.92. The molecule has 2 fully saturated rings. The number of imidazole rings is 2. The highest BCUT2D eigenvalue weighted by molar-refractivity contribution is 7.59. The lowest BCUT2D eigenvalue weighted by Crippen LogP contribution is -2.45. The van der Waals surface area contributed by atoms with Gasteiger partial charge in [0, 0.05) is 78.2 Å². The number of nitrogens with one attached hydrogen (secondary N) is 3. The van der Waals surface area contributed by atoms with Gasteiger partial charge in [0.15, 0.2) is 22.6 Å². The molecule has 0 radical (unpaired) electrons. The predicted octanol–water partition coefficient (Wildman–Crippen LogP) is 0.554. The Morgan fingerprint density at radius 2 is 1.41 bits per heavy atom. The van der Waals surface area contributed by atoms with Gasteiger partial charge in [0.05, 0.1) is 50.3 Å². The van der Waals surface area contributed by atoms with Crippen LogP contribution in [0.5, 0.6) is 0 Å². The molecule has 0 amide bonds. The first-order valence-corrected chi connectivity index (χ1v) is 25.7. The van der Waals surface area contributed by atoms with Gasteiger partial charge in [-0.3, -0.25) is 28.7 Å². The molecule has 7 atom stereocenters. The summed E-state index contributed by atoms with van der Waals surface area (Å²) in [6.45, 7) is 11.0. The number of hydrogen-bond donors (Lipinski definition) is 6. The first-order valence-electron chi connectivity index (χ1n) is 21.5. The minimum absolute atomic E-state index is 0.0440. The molecule has 2 aliphatic heterocycles. The van der Waals surface area contributed by atoms with Gasteiger partial charge < -0.3 is 59.3 Å². The molecule has 380 valence electrons. The Bertz CT molecular complexity index is 2950. The van der Waals surface area contributed by atoms with E-state index in [0.29, 0.717) is 54.1 Å². The fraction of sp³-hybridized carbons (Fsp3) is 0.550. The summed E-state index contributed by atoms with van der Waals surface area (Å²) in [4.78, 5) is 70.8. The maximum Gasteiger partial charge on any atom is 0.349 e. The first kappa shape index (κ1) is 55.7. The molecule has 0 aliphatic carbocycles. The van der Waals surface area contributed by atoms with Crippen LogP contribution in [-0.4, -0.2) is 147 Å². The van der Waals surface area contributed by atoms with E-state index in [9.17, 15) is 28.3 Å². The van der Waals surface area contributed by atoms with Crippen LogP contribution in [0.15, 0.2) is 56.6 Å². The molecule has 2 saturated heterocycles. The van der Waals surface area contributed by atoms with Crippen LogP contribution >= 0.6 is 14.9 Å². The number of nitrogens with two attached hydrogens (primary N) is 3. The molecule has 6 aromatic rings. The van der Waals surface area contributed by atoms with Crippen molar-refractivity contribution in [3.05, 3.63) is 84.7 Å². The number of ether oxygens (including phenoxy) is 2. The normalized spacial score (nSPS) is 20.7. The standard InChI is InChI=1S/C17H36N2O6P2.C6H7N5O.C6H7N5.C6H8N2O2.C5H7N3O/c1-13-7-17(8-15(24-13)11-23-27(6,21)19(3)4)26(5,20)22-12-16-10-18-9-14(2)25-16;1-11-2-8-3-4(11)9-6(7)10-5(3)12;1-11-3-10-4-5(7)8-2-9-6(4)11;1-4-3-8(2)6(10)7-5(4)9;1-8-3-2-4(6)7-5(8)9/h13-18H,7-12H2,1-6H3;2H,1H3,(H3,7,9,10,12);2-3H,1H3,(H2,7,8,9);3H,1-2H3,(H,7,9,10);2-3H,1H3,(H2,6,7,9)/t13-,14-,15-,16-,17?,26?,27?;;;;/m0..../s1. The van der Waals surface area contributed by atoms with Crippen molar-refractivity contribution in [2.24, 2.45) is 28.2 Å². The van der Waals surface area contributed by atoms with Gasteiger partial charge in [-0.05, 0) is 53.8 Å². The van der Waals surface area contributed by atoms with Crippen LogP contribution in [0.4, 0.5) is 17.6 Å². The second-order valence-electron chi connectivity index (χ2n) is 16.8. The molecule has 0 aromatic carbocycles. The van der Waals surface area contributed by atoms with E-state index in [1.54, 1.807) is 87.9 Å². The van der Waals surface area contributed by atoms with Gasteiger partial charge >= 0.3 is 11.4 Å². The Kier molecular flexibility index (Phi) is 19.8. The van der Waals surface area contributed by atoms with Gasteiger partial charge in [0.2, 0.25) is 13.3 Å².